The summed E-state index contributed by atoms with van der Waals surface area (Å²) in [5, 5.41) is 27.9. The molecular formula is C10H22N2O5S. The predicted molar refractivity (Wildman–Crippen MR) is 70.9 cm³/mol. The second kappa shape index (κ2) is 12.6. The zero-order valence-corrected chi connectivity index (χ0v) is 11.3. The van der Waals surface area contributed by atoms with Crippen molar-refractivity contribution in [3.05, 3.63) is 0 Å². The summed E-state index contributed by atoms with van der Waals surface area (Å²) < 4.78 is 0. The second-order valence-corrected chi connectivity index (χ2v) is 3.85. The Labute approximate surface area is 112 Å². The molecular weight excluding hydrogens is 260 g/mol. The molecule has 0 radical (unpaired) electrons. The molecule has 0 aromatic rings. The maximum absolute atomic E-state index is 10.4. The molecule has 0 heterocycles. The molecule has 0 aromatic carbocycles. The number of rotatable bonds is 8. The SMILES string of the molecule is CCCNC(CCO)C(=O)O.NC(CS)C(=O)O. The number of hydrogen-bond donors (Lipinski definition) is 6. The van der Waals surface area contributed by atoms with Gasteiger partial charge in [0, 0.05) is 12.4 Å². The molecule has 0 rings (SSSR count). The molecule has 18 heavy (non-hydrogen) atoms. The van der Waals surface area contributed by atoms with Crippen LogP contribution in [0.5, 0.6) is 0 Å². The van der Waals surface area contributed by atoms with Gasteiger partial charge in [-0.1, -0.05) is 6.92 Å². The molecule has 6 N–H and O–H groups in total. The van der Waals surface area contributed by atoms with Gasteiger partial charge in [-0.25, -0.2) is 0 Å². The topological polar surface area (TPSA) is 133 Å². The van der Waals surface area contributed by atoms with Crippen molar-refractivity contribution < 1.29 is 24.9 Å². The van der Waals surface area contributed by atoms with E-state index in [-0.39, 0.29) is 18.8 Å². The Balaban J connectivity index is 0. The Morgan fingerprint density at radius 1 is 1.33 bits per heavy atom. The first kappa shape index (κ1) is 19.5. The first-order valence-corrected chi connectivity index (χ1v) is 6.20. The van der Waals surface area contributed by atoms with Crippen molar-refractivity contribution in [3.8, 4) is 0 Å². The molecule has 0 fully saturated rings. The van der Waals surface area contributed by atoms with Crippen LogP contribution in [0.15, 0.2) is 0 Å². The third-order valence-electron chi connectivity index (χ3n) is 1.87. The molecule has 0 amide bonds. The Morgan fingerprint density at radius 3 is 2.11 bits per heavy atom. The van der Waals surface area contributed by atoms with Crippen molar-refractivity contribution in [1.82, 2.24) is 5.32 Å². The van der Waals surface area contributed by atoms with Crippen LogP contribution >= 0.6 is 12.6 Å². The van der Waals surface area contributed by atoms with Crippen molar-refractivity contribution in [2.45, 2.75) is 31.8 Å². The van der Waals surface area contributed by atoms with Gasteiger partial charge >= 0.3 is 11.9 Å². The number of carboxylic acids is 2. The number of hydrogen-bond acceptors (Lipinski definition) is 6. The molecule has 2 atom stereocenters. The number of carbonyl (C=O) groups is 2. The fourth-order valence-electron chi connectivity index (χ4n) is 0.839. The lowest BCUT2D eigenvalue weighted by Crippen LogP contribution is -2.37. The minimum atomic E-state index is -1.00. The summed E-state index contributed by atoms with van der Waals surface area (Å²) in [6.07, 6.45) is 1.17. The number of aliphatic hydroxyl groups excluding tert-OH is 1. The number of thiol groups is 1. The van der Waals surface area contributed by atoms with Crippen LogP contribution in [0.2, 0.25) is 0 Å². The molecule has 0 aliphatic carbocycles. The minimum Gasteiger partial charge on any atom is -0.480 e. The van der Waals surface area contributed by atoms with E-state index in [1.165, 1.54) is 0 Å². The summed E-state index contributed by atoms with van der Waals surface area (Å²) in [7, 11) is 0. The lowest BCUT2D eigenvalue weighted by molar-refractivity contribution is -0.140. The largest absolute Gasteiger partial charge is 0.480 e. The summed E-state index contributed by atoms with van der Waals surface area (Å²) >= 11 is 3.65. The van der Waals surface area contributed by atoms with Crippen LogP contribution in [0.3, 0.4) is 0 Å². The number of nitrogens with one attached hydrogen (secondary N) is 1. The highest BCUT2D eigenvalue weighted by Crippen LogP contribution is 1.90. The second-order valence-electron chi connectivity index (χ2n) is 3.48. The highest BCUT2D eigenvalue weighted by molar-refractivity contribution is 7.80. The molecule has 0 aromatic heterocycles. The van der Waals surface area contributed by atoms with E-state index in [2.05, 4.69) is 17.9 Å². The fraction of sp³-hybridized carbons (Fsp3) is 0.800. The Hall–Kier alpha value is -0.830. The van der Waals surface area contributed by atoms with Gasteiger partial charge in [0.15, 0.2) is 0 Å². The normalized spacial score (nSPS) is 13.1. The van der Waals surface area contributed by atoms with E-state index in [1.54, 1.807) is 0 Å². The van der Waals surface area contributed by atoms with E-state index in [9.17, 15) is 9.59 Å². The Morgan fingerprint density at radius 2 is 1.89 bits per heavy atom. The number of aliphatic carboxylic acids is 2. The van der Waals surface area contributed by atoms with Gasteiger partial charge in [0.05, 0.1) is 0 Å². The third kappa shape index (κ3) is 11.6. The van der Waals surface area contributed by atoms with Crippen LogP contribution < -0.4 is 11.1 Å². The van der Waals surface area contributed by atoms with Gasteiger partial charge in [-0.3, -0.25) is 9.59 Å². The molecule has 0 saturated heterocycles. The van der Waals surface area contributed by atoms with Gasteiger partial charge in [-0.05, 0) is 19.4 Å². The van der Waals surface area contributed by atoms with Crippen LogP contribution in [0.25, 0.3) is 0 Å². The van der Waals surface area contributed by atoms with Gasteiger partial charge in [0.25, 0.3) is 0 Å². The lowest BCUT2D eigenvalue weighted by atomic mass is 10.2. The van der Waals surface area contributed by atoms with Gasteiger partial charge in [0.2, 0.25) is 0 Å². The maximum atomic E-state index is 10.4. The molecule has 0 aliphatic rings. The van der Waals surface area contributed by atoms with Crippen LogP contribution in [-0.2, 0) is 9.59 Å². The van der Waals surface area contributed by atoms with Crippen molar-refractivity contribution in [3.63, 3.8) is 0 Å². The fourth-order valence-corrected chi connectivity index (χ4v) is 0.995. The number of aliphatic hydroxyl groups is 1. The van der Waals surface area contributed by atoms with E-state index in [0.717, 1.165) is 6.42 Å². The number of carboxylic acid groups (broad SMARTS) is 2. The highest BCUT2D eigenvalue weighted by Gasteiger charge is 2.14. The lowest BCUT2D eigenvalue weighted by Gasteiger charge is -2.11. The summed E-state index contributed by atoms with van der Waals surface area (Å²) in [6, 6.07) is -1.41. The van der Waals surface area contributed by atoms with Gasteiger partial charge < -0.3 is 26.4 Å². The van der Waals surface area contributed by atoms with E-state index in [4.69, 9.17) is 21.1 Å². The standard InChI is InChI=1S/C7H15NO3.C3H7NO2S/c1-2-4-8-6(3-5-9)7(10)11;4-2(1-7)3(5)6/h6,8-9H,2-5H2,1H3,(H,10,11);2,7H,1,4H2,(H,5,6). The van der Waals surface area contributed by atoms with Crippen molar-refractivity contribution in [1.29, 1.82) is 0 Å². The Bertz CT molecular complexity index is 240. The summed E-state index contributed by atoms with van der Waals surface area (Å²) in [5.41, 5.74) is 4.94. The van der Waals surface area contributed by atoms with Crippen LogP contribution in [0, 0.1) is 0 Å². The van der Waals surface area contributed by atoms with Gasteiger partial charge in [-0.15, -0.1) is 0 Å². The van der Waals surface area contributed by atoms with Gasteiger partial charge in [-0.2, -0.15) is 12.6 Å². The minimum absolute atomic E-state index is 0.0896. The Kier molecular flexibility index (Phi) is 13.7. The van der Waals surface area contributed by atoms with E-state index in [1.807, 2.05) is 6.92 Å². The van der Waals surface area contributed by atoms with Crippen LogP contribution in [0.1, 0.15) is 19.8 Å². The summed E-state index contributed by atoms with van der Waals surface area (Å²) in [4.78, 5) is 20.2. The first-order valence-electron chi connectivity index (χ1n) is 5.56. The van der Waals surface area contributed by atoms with Gasteiger partial charge in [0.1, 0.15) is 12.1 Å². The van der Waals surface area contributed by atoms with E-state index in [0.29, 0.717) is 6.54 Å². The quantitative estimate of drug-likeness (QED) is 0.319. The van der Waals surface area contributed by atoms with Crippen LogP contribution in [-0.4, -0.2) is 58.2 Å². The van der Waals surface area contributed by atoms with Crippen LogP contribution in [0.4, 0.5) is 0 Å². The third-order valence-corrected chi connectivity index (χ3v) is 2.26. The van der Waals surface area contributed by atoms with Crippen molar-refractivity contribution in [2.75, 3.05) is 18.9 Å². The number of nitrogens with two attached hydrogens (primary N) is 1. The molecule has 8 heteroatoms. The molecule has 0 saturated carbocycles. The van der Waals surface area contributed by atoms with Crippen molar-refractivity contribution in [2.24, 2.45) is 5.73 Å². The summed E-state index contributed by atoms with van der Waals surface area (Å²) in [5.74, 6) is -1.71. The maximum Gasteiger partial charge on any atom is 0.321 e. The molecule has 2 unspecified atom stereocenters. The first-order chi connectivity index (χ1) is 8.40. The van der Waals surface area contributed by atoms with E-state index < -0.39 is 24.0 Å². The molecule has 0 aliphatic heterocycles. The average Bonchev–Trinajstić information content (AvgIpc) is 2.33. The zero-order valence-electron chi connectivity index (χ0n) is 10.4. The molecule has 0 spiro atoms. The molecule has 108 valence electrons. The zero-order chi connectivity index (χ0) is 14.6. The molecule has 7 nitrogen and oxygen atoms in total. The highest BCUT2D eigenvalue weighted by atomic mass is 32.1. The molecule has 0 bridgehead atoms. The van der Waals surface area contributed by atoms with E-state index >= 15 is 0 Å². The monoisotopic (exact) mass is 282 g/mol. The average molecular weight is 282 g/mol. The predicted octanol–water partition coefficient (Wildman–Crippen LogP) is -0.850. The van der Waals surface area contributed by atoms with Crippen molar-refractivity contribution >= 4 is 24.6 Å². The smallest absolute Gasteiger partial charge is 0.321 e. The summed E-state index contributed by atoms with van der Waals surface area (Å²) in [6.45, 7) is 2.55.